The molecule has 0 aliphatic rings. The fourth-order valence-corrected chi connectivity index (χ4v) is 6.40. The van der Waals surface area contributed by atoms with E-state index in [-0.39, 0.29) is 121 Å². The first-order valence-electron chi connectivity index (χ1n) is 13.7. The molecular formula is C24H24Cl2KN10O12S4. The molecule has 8 N–H and O–H groups in total. The van der Waals surface area contributed by atoms with Crippen LogP contribution >= 0.6 is 23.2 Å². The molecule has 1 radical (unpaired) electrons. The second-order valence-electron chi connectivity index (χ2n) is 9.97. The first-order chi connectivity index (χ1) is 24.0. The number of aromatic nitrogens is 6. The van der Waals surface area contributed by atoms with Gasteiger partial charge in [-0.2, -0.15) is 63.6 Å². The van der Waals surface area contributed by atoms with Crippen LogP contribution in [0.25, 0.3) is 12.2 Å². The summed E-state index contributed by atoms with van der Waals surface area (Å²) in [6.07, 6.45) is 2.27. The number of hydrogen-bond donors (Lipinski definition) is 8. The van der Waals surface area contributed by atoms with E-state index in [0.29, 0.717) is 0 Å². The average Bonchev–Trinajstić information content (AvgIpc) is 2.98. The summed E-state index contributed by atoms with van der Waals surface area (Å²) < 4.78 is 131. The van der Waals surface area contributed by atoms with Crippen molar-refractivity contribution in [3.8, 4) is 0 Å². The van der Waals surface area contributed by atoms with Crippen molar-refractivity contribution in [2.24, 2.45) is 0 Å². The molecule has 4 rings (SSSR count). The fraction of sp³-hybridized carbons (Fsp3) is 0.167. The molecule has 4 aromatic rings. The summed E-state index contributed by atoms with van der Waals surface area (Å²) in [5, 5.41) is 9.64. The van der Waals surface area contributed by atoms with Gasteiger partial charge in [0.25, 0.3) is 40.5 Å². The topological polar surface area (TPSA) is 343 Å². The van der Waals surface area contributed by atoms with E-state index in [4.69, 9.17) is 32.3 Å². The Kier molecular flexibility index (Phi) is 15.4. The van der Waals surface area contributed by atoms with Crippen molar-refractivity contribution in [2.45, 2.75) is 9.79 Å². The van der Waals surface area contributed by atoms with E-state index in [0.717, 1.165) is 24.3 Å². The van der Waals surface area contributed by atoms with E-state index >= 15 is 0 Å². The molecule has 2 aromatic carbocycles. The summed E-state index contributed by atoms with van der Waals surface area (Å²) in [7, 11) is -18.4. The number of hydrogen-bond acceptors (Lipinski definition) is 18. The minimum atomic E-state index is -4.91. The standard InChI is InChI=1S/C24H24Cl2N10O12S4.K/c25-19-31-21(27-7-9-49(37,38)39)35-23(33-19)29-15-5-3-13(17(11-15)51(43,44)45)1-2-14-4-6-16(12-18(14)52(46,47)48)30-24-34-20(26)32-22(36-24)28-8-10-50(40,41)42;/h1-6,11-12H,7-10H2,(H,37,38,39)(H,40,41,42)(H,43,44,45)(H,46,47,48)(H2,27,29,31,33,35)(H2,28,30,32,34,36);. The summed E-state index contributed by atoms with van der Waals surface area (Å²) in [6, 6.07) is 7.09. The van der Waals surface area contributed by atoms with Crippen LogP contribution in [-0.2, 0) is 40.5 Å². The fourth-order valence-electron chi connectivity index (χ4n) is 3.94. The first-order valence-corrected chi connectivity index (χ1v) is 20.6. The molecule has 0 amide bonds. The van der Waals surface area contributed by atoms with Gasteiger partial charge < -0.3 is 21.3 Å². The summed E-state index contributed by atoms with van der Waals surface area (Å²) in [5.41, 5.74) is -0.237. The van der Waals surface area contributed by atoms with Crippen LogP contribution in [0.2, 0.25) is 10.6 Å². The number of benzene rings is 2. The first kappa shape index (κ1) is 44.7. The van der Waals surface area contributed by atoms with Gasteiger partial charge in [-0.3, -0.25) is 18.2 Å². The van der Waals surface area contributed by atoms with E-state index in [1.165, 1.54) is 24.3 Å². The molecule has 0 bridgehead atoms. The number of halogens is 2. The van der Waals surface area contributed by atoms with Gasteiger partial charge in [-0.1, -0.05) is 24.3 Å². The van der Waals surface area contributed by atoms with Crippen LogP contribution in [0.4, 0.5) is 35.2 Å². The zero-order valence-corrected chi connectivity index (χ0v) is 34.5. The van der Waals surface area contributed by atoms with E-state index in [2.05, 4.69) is 51.2 Å². The second kappa shape index (κ2) is 18.3. The summed E-state index contributed by atoms with van der Waals surface area (Å²) in [4.78, 5) is 21.8. The molecule has 29 heteroatoms. The van der Waals surface area contributed by atoms with Gasteiger partial charge in [0.1, 0.15) is 9.79 Å². The smallest absolute Gasteiger partial charge is 0.295 e. The largest absolute Gasteiger partial charge is 0.353 e. The number of nitrogens with one attached hydrogen (secondary N) is 4. The van der Waals surface area contributed by atoms with Gasteiger partial charge in [-0.25, -0.2) is 0 Å². The molecule has 53 heavy (non-hydrogen) atoms. The van der Waals surface area contributed by atoms with Crippen molar-refractivity contribution in [3.63, 3.8) is 0 Å². The van der Waals surface area contributed by atoms with Crippen LogP contribution in [-0.4, -0.2) is 158 Å². The maximum atomic E-state index is 12.3. The minimum Gasteiger partial charge on any atom is -0.353 e. The van der Waals surface area contributed by atoms with Crippen LogP contribution < -0.4 is 21.3 Å². The molecule has 281 valence electrons. The van der Waals surface area contributed by atoms with Gasteiger partial charge in [0, 0.05) is 75.8 Å². The van der Waals surface area contributed by atoms with Gasteiger partial charge in [0.15, 0.2) is 0 Å². The maximum Gasteiger partial charge on any atom is 0.295 e. The van der Waals surface area contributed by atoms with Crippen molar-refractivity contribution >= 4 is 162 Å². The minimum absolute atomic E-state index is 0. The molecule has 0 fully saturated rings. The quantitative estimate of drug-likeness (QED) is 0.0451. The Morgan fingerprint density at radius 1 is 0.547 bits per heavy atom. The molecule has 2 aromatic heterocycles. The van der Waals surface area contributed by atoms with Crippen LogP contribution in [0, 0.1) is 0 Å². The molecule has 0 saturated heterocycles. The van der Waals surface area contributed by atoms with Crippen LogP contribution in [0.5, 0.6) is 0 Å². The summed E-state index contributed by atoms with van der Waals surface area (Å²) >= 11 is 11.8. The molecule has 0 aliphatic carbocycles. The maximum absolute atomic E-state index is 12.3. The van der Waals surface area contributed by atoms with E-state index in [9.17, 15) is 42.8 Å². The van der Waals surface area contributed by atoms with Crippen molar-refractivity contribution < 1.29 is 51.9 Å². The number of rotatable bonds is 16. The zero-order chi connectivity index (χ0) is 38.5. The molecule has 0 spiro atoms. The molecule has 22 nitrogen and oxygen atoms in total. The molecule has 0 saturated carbocycles. The van der Waals surface area contributed by atoms with Gasteiger partial charge in [-0.15, -0.1) is 0 Å². The predicted octanol–water partition coefficient (Wildman–Crippen LogP) is 1.73. The summed E-state index contributed by atoms with van der Waals surface area (Å²) in [6.45, 7) is -0.580. The van der Waals surface area contributed by atoms with Crippen LogP contribution in [0.15, 0.2) is 46.2 Å². The Balaban J connectivity index is 0.00000756. The number of nitrogens with zero attached hydrogens (tertiary/aromatic N) is 6. The SMILES string of the molecule is O=S(=O)(O)CCNc1nc(Cl)nc(Nc2ccc(C=Cc3ccc(Nc4nc(Cl)nc(NCCS(=O)(=O)O)n4)cc3S(=O)(=O)O)c(S(=O)(=O)O)c2)n1.[K]. The van der Waals surface area contributed by atoms with Crippen LogP contribution in [0.3, 0.4) is 0 Å². The normalized spacial score (nSPS) is 12.3. The molecule has 2 heterocycles. The third kappa shape index (κ3) is 14.8. The van der Waals surface area contributed by atoms with Gasteiger partial charge >= 0.3 is 0 Å². The Bertz CT molecular complexity index is 2310. The predicted molar refractivity (Wildman–Crippen MR) is 193 cm³/mol. The van der Waals surface area contributed by atoms with Crippen molar-refractivity contribution in [3.05, 3.63) is 58.1 Å². The van der Waals surface area contributed by atoms with Crippen LogP contribution in [0.1, 0.15) is 11.1 Å². The van der Waals surface area contributed by atoms with Crippen molar-refractivity contribution in [1.29, 1.82) is 0 Å². The molecular weight excluding hydrogens is 859 g/mol. The van der Waals surface area contributed by atoms with Gasteiger partial charge in [0.05, 0.1) is 11.5 Å². The summed E-state index contributed by atoms with van der Waals surface area (Å²) in [5.74, 6) is -2.17. The Hall–Kier alpha value is -2.74. The number of anilines is 6. The van der Waals surface area contributed by atoms with E-state index in [1.807, 2.05) is 0 Å². The second-order valence-corrected chi connectivity index (χ2v) is 16.6. The third-order valence-corrected chi connectivity index (χ3v) is 9.64. The van der Waals surface area contributed by atoms with Gasteiger partial charge in [-0.05, 0) is 58.6 Å². The zero-order valence-electron chi connectivity index (χ0n) is 26.6. The van der Waals surface area contributed by atoms with E-state index < -0.39 is 61.8 Å². The van der Waals surface area contributed by atoms with Crippen molar-refractivity contribution in [2.75, 3.05) is 45.9 Å². The molecule has 0 aliphatic heterocycles. The molecule has 0 unspecified atom stereocenters. The Morgan fingerprint density at radius 2 is 0.887 bits per heavy atom. The van der Waals surface area contributed by atoms with Crippen molar-refractivity contribution in [1.82, 2.24) is 29.9 Å². The molecule has 0 atom stereocenters. The monoisotopic (exact) mass is 881 g/mol. The van der Waals surface area contributed by atoms with Gasteiger partial charge in [0.2, 0.25) is 34.4 Å². The Morgan fingerprint density at radius 3 is 1.21 bits per heavy atom. The van der Waals surface area contributed by atoms with E-state index in [1.54, 1.807) is 0 Å². The third-order valence-electron chi connectivity index (χ3n) is 6.04. The Labute approximate surface area is 354 Å². The average molecular weight is 883 g/mol.